The Hall–Kier alpha value is -4.05. The lowest BCUT2D eigenvalue weighted by molar-refractivity contribution is 0.102. The smallest absolute Gasteiger partial charge is 0.255 e. The van der Waals surface area contributed by atoms with Crippen LogP contribution in [0.5, 0.6) is 0 Å². The van der Waals surface area contributed by atoms with E-state index >= 15 is 0 Å². The van der Waals surface area contributed by atoms with Crippen LogP contribution in [-0.4, -0.2) is 34.7 Å². The highest BCUT2D eigenvalue weighted by atomic mass is 35.5. The van der Waals surface area contributed by atoms with Gasteiger partial charge >= 0.3 is 0 Å². The molecule has 0 bridgehead atoms. The number of hydrogen-bond acceptors (Lipinski definition) is 4. The van der Waals surface area contributed by atoms with Crippen molar-refractivity contribution in [2.75, 3.05) is 11.9 Å². The van der Waals surface area contributed by atoms with Crippen LogP contribution in [0.25, 0.3) is 22.4 Å². The third kappa shape index (κ3) is 5.01. The van der Waals surface area contributed by atoms with E-state index in [1.807, 2.05) is 49.4 Å². The lowest BCUT2D eigenvalue weighted by Gasteiger charge is -2.28. The average molecular weight is 615 g/mol. The first-order chi connectivity index (χ1) is 20.7. The van der Waals surface area contributed by atoms with Crippen LogP contribution in [0.2, 0.25) is 5.02 Å². The van der Waals surface area contributed by atoms with Gasteiger partial charge in [0.05, 0.1) is 21.7 Å². The van der Waals surface area contributed by atoms with Crippen LogP contribution in [0.1, 0.15) is 45.9 Å². The molecule has 218 valence electrons. The van der Waals surface area contributed by atoms with Crippen molar-refractivity contribution in [2.24, 2.45) is 0 Å². The fourth-order valence-corrected chi connectivity index (χ4v) is 7.75. The Morgan fingerprint density at radius 3 is 2.58 bits per heavy atom. The number of rotatable bonds is 6. The molecule has 1 fully saturated rings. The Labute approximate surface area is 254 Å². The molecule has 2 heterocycles. The fourth-order valence-electron chi connectivity index (χ4n) is 5.83. The van der Waals surface area contributed by atoms with Crippen LogP contribution >= 0.6 is 11.6 Å². The van der Waals surface area contributed by atoms with E-state index in [0.717, 1.165) is 35.0 Å². The number of aromatic nitrogens is 2. The maximum absolute atomic E-state index is 14.1. The molecule has 4 aromatic carbocycles. The minimum atomic E-state index is -3.97. The van der Waals surface area contributed by atoms with Crippen LogP contribution in [0, 0.1) is 12.7 Å². The number of nitrogens with one attached hydrogen (secondary N) is 1. The van der Waals surface area contributed by atoms with Crippen LogP contribution < -0.4 is 5.32 Å². The van der Waals surface area contributed by atoms with E-state index in [1.54, 1.807) is 6.07 Å². The van der Waals surface area contributed by atoms with Crippen LogP contribution in [-0.2, 0) is 23.0 Å². The van der Waals surface area contributed by atoms with Gasteiger partial charge in [-0.25, -0.2) is 17.8 Å². The molecule has 0 spiro atoms. The highest BCUT2D eigenvalue weighted by Gasteiger charge is 2.32. The summed E-state index contributed by atoms with van der Waals surface area (Å²) in [6.07, 6.45) is 2.59. The second kappa shape index (κ2) is 10.6. The minimum Gasteiger partial charge on any atom is -0.321 e. The molecule has 1 aliphatic heterocycles. The van der Waals surface area contributed by atoms with Crippen LogP contribution in [0.4, 0.5) is 10.1 Å². The lowest BCUT2D eigenvalue weighted by Crippen LogP contribution is -2.36. The number of carbonyl (C=O) groups excluding carboxylic acids is 1. The molecule has 2 aliphatic rings. The van der Waals surface area contributed by atoms with Crippen LogP contribution in [0.3, 0.4) is 0 Å². The molecule has 10 heteroatoms. The molecule has 7 nitrogen and oxygen atoms in total. The minimum absolute atomic E-state index is 0.0531. The first-order valence-electron chi connectivity index (χ1n) is 14.2. The molecule has 43 heavy (non-hydrogen) atoms. The first-order valence-corrected chi connectivity index (χ1v) is 16.0. The maximum Gasteiger partial charge on any atom is 0.255 e. The molecular formula is C33H28ClFN4O3S. The Morgan fingerprint density at radius 2 is 1.79 bits per heavy atom. The van der Waals surface area contributed by atoms with Crippen molar-refractivity contribution in [3.8, 4) is 11.4 Å². The molecule has 1 saturated carbocycles. The molecule has 0 atom stereocenters. The summed E-state index contributed by atoms with van der Waals surface area (Å²) in [5.74, 6) is -0.195. The van der Waals surface area contributed by atoms with Crippen molar-refractivity contribution in [3.05, 3.63) is 112 Å². The van der Waals surface area contributed by atoms with Gasteiger partial charge in [-0.1, -0.05) is 48.0 Å². The largest absolute Gasteiger partial charge is 0.321 e. The normalized spacial score (nSPS) is 15.4. The van der Waals surface area contributed by atoms with E-state index in [-0.39, 0.29) is 33.9 Å². The molecule has 1 aliphatic carbocycles. The summed E-state index contributed by atoms with van der Waals surface area (Å²) >= 11 is 6.42. The number of halogens is 2. The monoisotopic (exact) mass is 614 g/mol. The van der Waals surface area contributed by atoms with Crippen molar-refractivity contribution in [2.45, 2.75) is 43.7 Å². The van der Waals surface area contributed by atoms with Gasteiger partial charge in [0, 0.05) is 36.3 Å². The highest BCUT2D eigenvalue weighted by Crippen LogP contribution is 2.43. The summed E-state index contributed by atoms with van der Waals surface area (Å²) in [6, 6.07) is 22.6. The van der Waals surface area contributed by atoms with E-state index in [0.29, 0.717) is 35.6 Å². The SMILES string of the molecule is Cc1cccc(-c2nc3cc(F)ccc3n2C2CC2)c1NC(=O)c1ccc(Cl)c(S(=O)(=O)N2CCc3ccccc3C2)c1. The summed E-state index contributed by atoms with van der Waals surface area (Å²) in [4.78, 5) is 18.4. The Balaban J connectivity index is 1.23. The van der Waals surface area contributed by atoms with Crippen molar-refractivity contribution >= 4 is 44.3 Å². The molecule has 0 radical (unpaired) electrons. The molecule has 0 saturated heterocycles. The zero-order chi connectivity index (χ0) is 29.9. The summed E-state index contributed by atoms with van der Waals surface area (Å²) < 4.78 is 45.1. The molecule has 1 N–H and O–H groups in total. The number of amides is 1. The summed E-state index contributed by atoms with van der Waals surface area (Å²) in [5.41, 5.74) is 5.69. The highest BCUT2D eigenvalue weighted by molar-refractivity contribution is 7.89. The fraction of sp³-hybridized carbons (Fsp3) is 0.212. The van der Waals surface area contributed by atoms with E-state index in [9.17, 15) is 17.6 Å². The molecular weight excluding hydrogens is 587 g/mol. The number of hydrogen-bond donors (Lipinski definition) is 1. The standard InChI is InChI=1S/C33H28ClFN4O3S/c1-20-5-4-8-26(32-36-28-18-24(35)10-14-29(28)39(32)25-11-12-25)31(20)37-33(40)22-9-13-27(34)30(17-22)43(41,42)38-16-15-21-6-2-3-7-23(21)19-38/h2-10,13-14,17-18,25H,11-12,15-16,19H2,1H3,(H,37,40). The lowest BCUT2D eigenvalue weighted by atomic mass is 10.0. The van der Waals surface area contributed by atoms with E-state index < -0.39 is 15.9 Å². The Kier molecular flexibility index (Phi) is 6.84. The van der Waals surface area contributed by atoms with E-state index in [4.69, 9.17) is 16.6 Å². The number of aryl methyl sites for hydroxylation is 1. The zero-order valence-corrected chi connectivity index (χ0v) is 24.9. The maximum atomic E-state index is 14.1. The first kappa shape index (κ1) is 27.8. The predicted molar refractivity (Wildman–Crippen MR) is 165 cm³/mol. The van der Waals surface area contributed by atoms with Crippen molar-refractivity contribution in [3.63, 3.8) is 0 Å². The van der Waals surface area contributed by atoms with Gasteiger partial charge < -0.3 is 9.88 Å². The van der Waals surface area contributed by atoms with Gasteiger partial charge in [-0.2, -0.15) is 4.31 Å². The van der Waals surface area contributed by atoms with Crippen molar-refractivity contribution < 1.29 is 17.6 Å². The van der Waals surface area contributed by atoms with Gasteiger partial charge in [-0.15, -0.1) is 0 Å². The quantitative estimate of drug-likeness (QED) is 0.220. The zero-order valence-electron chi connectivity index (χ0n) is 23.3. The van der Waals surface area contributed by atoms with E-state index in [2.05, 4.69) is 9.88 Å². The van der Waals surface area contributed by atoms with Gasteiger partial charge in [-0.05, 0) is 79.3 Å². The van der Waals surface area contributed by atoms with Gasteiger partial charge in [0.1, 0.15) is 16.5 Å². The number of imidazole rings is 1. The number of carbonyl (C=O) groups is 1. The summed E-state index contributed by atoms with van der Waals surface area (Å²) in [6.45, 7) is 2.45. The topological polar surface area (TPSA) is 84.3 Å². The van der Waals surface area contributed by atoms with Gasteiger partial charge in [0.15, 0.2) is 0 Å². The van der Waals surface area contributed by atoms with Gasteiger partial charge in [0.2, 0.25) is 10.0 Å². The van der Waals surface area contributed by atoms with Crippen LogP contribution in [0.15, 0.2) is 83.8 Å². The number of para-hydroxylation sites is 1. The number of sulfonamides is 1. The summed E-state index contributed by atoms with van der Waals surface area (Å²) in [7, 11) is -3.97. The third-order valence-corrected chi connectivity index (χ3v) is 10.5. The number of benzene rings is 4. The number of anilines is 1. The Bertz CT molecular complexity index is 2040. The van der Waals surface area contributed by atoms with Gasteiger partial charge in [0.25, 0.3) is 5.91 Å². The molecule has 5 aromatic rings. The second-order valence-corrected chi connectivity index (χ2v) is 13.4. The number of nitrogens with zero attached hydrogens (tertiary/aromatic N) is 3. The van der Waals surface area contributed by atoms with Crippen molar-refractivity contribution in [1.29, 1.82) is 0 Å². The summed E-state index contributed by atoms with van der Waals surface area (Å²) in [5, 5.41) is 3.06. The average Bonchev–Trinajstić information content (AvgIpc) is 3.77. The second-order valence-electron chi connectivity index (χ2n) is 11.1. The molecule has 7 rings (SSSR count). The Morgan fingerprint density at radius 1 is 1.00 bits per heavy atom. The molecule has 0 unspecified atom stereocenters. The third-order valence-electron chi connectivity index (χ3n) is 8.22. The van der Waals surface area contributed by atoms with Gasteiger partial charge in [-0.3, -0.25) is 4.79 Å². The van der Waals surface area contributed by atoms with Crippen molar-refractivity contribution in [1.82, 2.24) is 13.9 Å². The van der Waals surface area contributed by atoms with E-state index in [1.165, 1.54) is 34.6 Å². The number of fused-ring (bicyclic) bond motifs is 2. The molecule has 1 amide bonds. The predicted octanol–water partition coefficient (Wildman–Crippen LogP) is 7.14. The molecule has 1 aromatic heterocycles.